The van der Waals surface area contributed by atoms with Crippen LogP contribution in [0, 0.1) is 0 Å². The maximum Gasteiger partial charge on any atom is 0.197 e. The molecule has 0 aliphatic carbocycles. The Hall–Kier alpha value is -0.720. The number of aromatic nitrogens is 2. The van der Waals surface area contributed by atoms with Gasteiger partial charge in [-0.25, -0.2) is 18.4 Å². The van der Waals surface area contributed by atoms with E-state index in [2.05, 4.69) is 15.3 Å². The summed E-state index contributed by atoms with van der Waals surface area (Å²) in [6.45, 7) is 0.880. The van der Waals surface area contributed by atoms with E-state index in [1.165, 1.54) is 12.4 Å². The smallest absolute Gasteiger partial charge is 0.197 e. The molecule has 1 saturated heterocycles. The molecule has 1 aliphatic rings. The van der Waals surface area contributed by atoms with Crippen LogP contribution in [0.1, 0.15) is 19.3 Å². The Bertz CT molecular complexity index is 486. The van der Waals surface area contributed by atoms with Crippen molar-refractivity contribution in [1.29, 1.82) is 0 Å². The largest absolute Gasteiger partial charge is 0.313 e. The lowest BCUT2D eigenvalue weighted by molar-refractivity contribution is 0.423. The van der Waals surface area contributed by atoms with Crippen molar-refractivity contribution in [3.05, 3.63) is 17.5 Å². The molecule has 17 heavy (non-hydrogen) atoms. The van der Waals surface area contributed by atoms with Crippen LogP contribution in [-0.2, 0) is 9.84 Å². The maximum absolute atomic E-state index is 12.1. The second-order valence-electron chi connectivity index (χ2n) is 4.11. The van der Waals surface area contributed by atoms with Crippen molar-refractivity contribution in [1.82, 2.24) is 15.3 Å². The van der Waals surface area contributed by atoms with E-state index >= 15 is 0 Å². The number of rotatable bonds is 3. The third-order valence-electron chi connectivity index (χ3n) is 2.76. The summed E-state index contributed by atoms with van der Waals surface area (Å²) in [6.07, 6.45) is 4.23. The molecule has 0 aromatic carbocycles. The van der Waals surface area contributed by atoms with Gasteiger partial charge in [0.1, 0.15) is 11.5 Å². The highest BCUT2D eigenvalue weighted by Gasteiger charge is 2.23. The SMILES string of the molecule is O=S(=O)(C[C@@H]1CCCCN1)c1cc(Cl)ncn1. The zero-order valence-electron chi connectivity index (χ0n) is 9.26. The molecule has 0 saturated carbocycles. The van der Waals surface area contributed by atoms with Crippen LogP contribution in [-0.4, -0.2) is 36.7 Å². The highest BCUT2D eigenvalue weighted by molar-refractivity contribution is 7.91. The molecule has 5 nitrogen and oxygen atoms in total. The number of hydrogen-bond acceptors (Lipinski definition) is 5. The molecule has 0 bridgehead atoms. The minimum Gasteiger partial charge on any atom is -0.313 e. The quantitative estimate of drug-likeness (QED) is 0.835. The minimum absolute atomic E-state index is 0.00451. The molecule has 1 atom stereocenters. The second-order valence-corrected chi connectivity index (χ2v) is 6.48. The Morgan fingerprint density at radius 3 is 2.88 bits per heavy atom. The van der Waals surface area contributed by atoms with E-state index in [-0.39, 0.29) is 22.0 Å². The van der Waals surface area contributed by atoms with Gasteiger partial charge in [0, 0.05) is 12.1 Å². The molecule has 2 heterocycles. The molecule has 94 valence electrons. The summed E-state index contributed by atoms with van der Waals surface area (Å²) < 4.78 is 24.1. The minimum atomic E-state index is -3.38. The summed E-state index contributed by atoms with van der Waals surface area (Å²) in [5.41, 5.74) is 0. The molecule has 1 aliphatic heterocycles. The van der Waals surface area contributed by atoms with Gasteiger partial charge in [-0.1, -0.05) is 18.0 Å². The fourth-order valence-electron chi connectivity index (χ4n) is 1.90. The van der Waals surface area contributed by atoms with Crippen molar-refractivity contribution in [3.8, 4) is 0 Å². The molecule has 0 unspecified atom stereocenters. The van der Waals surface area contributed by atoms with E-state index in [1.54, 1.807) is 0 Å². The van der Waals surface area contributed by atoms with Crippen molar-refractivity contribution in [3.63, 3.8) is 0 Å². The topological polar surface area (TPSA) is 72.0 Å². The Labute approximate surface area is 106 Å². The van der Waals surface area contributed by atoms with Crippen LogP contribution in [0.25, 0.3) is 0 Å². The fraction of sp³-hybridized carbons (Fsp3) is 0.600. The van der Waals surface area contributed by atoms with Crippen molar-refractivity contribution in [2.24, 2.45) is 0 Å². The van der Waals surface area contributed by atoms with E-state index in [1.807, 2.05) is 0 Å². The Balaban J connectivity index is 2.13. The van der Waals surface area contributed by atoms with E-state index in [9.17, 15) is 8.42 Å². The van der Waals surface area contributed by atoms with E-state index < -0.39 is 9.84 Å². The molecule has 0 spiro atoms. The number of sulfone groups is 1. The normalized spacial score (nSPS) is 21.4. The highest BCUT2D eigenvalue weighted by atomic mass is 35.5. The lowest BCUT2D eigenvalue weighted by Gasteiger charge is -2.22. The standard InChI is InChI=1S/C10H14ClN3O2S/c11-9-5-10(14-7-13-9)17(15,16)6-8-3-1-2-4-12-8/h5,7-8,12H,1-4,6H2/t8-/m0/s1. The van der Waals surface area contributed by atoms with Gasteiger partial charge in [0.25, 0.3) is 0 Å². The number of nitrogens with one attached hydrogen (secondary N) is 1. The molecule has 0 amide bonds. The lowest BCUT2D eigenvalue weighted by Crippen LogP contribution is -2.39. The molecule has 2 rings (SSSR count). The van der Waals surface area contributed by atoms with Gasteiger partial charge in [0.2, 0.25) is 0 Å². The first-order valence-electron chi connectivity index (χ1n) is 5.51. The zero-order valence-corrected chi connectivity index (χ0v) is 10.8. The number of hydrogen-bond donors (Lipinski definition) is 1. The van der Waals surface area contributed by atoms with Crippen LogP contribution in [0.15, 0.2) is 17.4 Å². The molecule has 1 aromatic rings. The first kappa shape index (κ1) is 12.7. The molecule has 1 N–H and O–H groups in total. The molecular weight excluding hydrogens is 262 g/mol. The van der Waals surface area contributed by atoms with Crippen molar-refractivity contribution in [2.75, 3.05) is 12.3 Å². The fourth-order valence-corrected chi connectivity index (χ4v) is 3.60. The predicted octanol–water partition coefficient (Wildman–Crippen LogP) is 1.05. The van der Waals surface area contributed by atoms with Crippen molar-refractivity contribution < 1.29 is 8.42 Å². The molecular formula is C10H14ClN3O2S. The van der Waals surface area contributed by atoms with Gasteiger partial charge in [-0.3, -0.25) is 0 Å². The van der Waals surface area contributed by atoms with Crippen molar-refractivity contribution in [2.45, 2.75) is 30.3 Å². The van der Waals surface area contributed by atoms with Crippen LogP contribution in [0.2, 0.25) is 5.15 Å². The highest BCUT2D eigenvalue weighted by Crippen LogP contribution is 2.15. The van der Waals surface area contributed by atoms with Crippen LogP contribution < -0.4 is 5.32 Å². The average molecular weight is 276 g/mol. The molecule has 1 fully saturated rings. The van der Waals surface area contributed by atoms with Crippen LogP contribution in [0.5, 0.6) is 0 Å². The van der Waals surface area contributed by atoms with Crippen LogP contribution in [0.4, 0.5) is 0 Å². The summed E-state index contributed by atoms with van der Waals surface area (Å²) in [7, 11) is -3.38. The van der Waals surface area contributed by atoms with E-state index in [0.717, 1.165) is 25.8 Å². The predicted molar refractivity (Wildman–Crippen MR) is 64.7 cm³/mol. The second kappa shape index (κ2) is 5.29. The van der Waals surface area contributed by atoms with Gasteiger partial charge in [-0.15, -0.1) is 0 Å². The third-order valence-corrected chi connectivity index (χ3v) is 4.67. The van der Waals surface area contributed by atoms with Gasteiger partial charge in [0.05, 0.1) is 5.75 Å². The summed E-state index contributed by atoms with van der Waals surface area (Å²) >= 11 is 5.66. The summed E-state index contributed by atoms with van der Waals surface area (Å²) in [6, 6.07) is 1.31. The average Bonchev–Trinajstić information content (AvgIpc) is 2.30. The number of halogens is 1. The third kappa shape index (κ3) is 3.37. The number of nitrogens with zero attached hydrogens (tertiary/aromatic N) is 2. The van der Waals surface area contributed by atoms with E-state index in [4.69, 9.17) is 11.6 Å². The van der Waals surface area contributed by atoms with Crippen LogP contribution >= 0.6 is 11.6 Å². The van der Waals surface area contributed by atoms with E-state index in [0.29, 0.717) is 0 Å². The van der Waals surface area contributed by atoms with Gasteiger partial charge in [-0.05, 0) is 19.4 Å². The number of piperidine rings is 1. The first-order valence-corrected chi connectivity index (χ1v) is 7.55. The Morgan fingerprint density at radius 1 is 1.41 bits per heavy atom. The Kier molecular flexibility index (Phi) is 3.96. The van der Waals surface area contributed by atoms with Gasteiger partial charge in [0.15, 0.2) is 14.9 Å². The van der Waals surface area contributed by atoms with Gasteiger partial charge < -0.3 is 5.32 Å². The summed E-state index contributed by atoms with van der Waals surface area (Å²) in [5, 5.41) is 3.36. The maximum atomic E-state index is 12.1. The van der Waals surface area contributed by atoms with Crippen LogP contribution in [0.3, 0.4) is 0 Å². The molecule has 1 aromatic heterocycles. The molecule has 0 radical (unpaired) electrons. The monoisotopic (exact) mass is 275 g/mol. The van der Waals surface area contributed by atoms with Gasteiger partial charge >= 0.3 is 0 Å². The molecule has 7 heteroatoms. The van der Waals surface area contributed by atoms with Crippen molar-refractivity contribution >= 4 is 21.4 Å². The summed E-state index contributed by atoms with van der Waals surface area (Å²) in [4.78, 5) is 7.44. The zero-order chi connectivity index (χ0) is 12.3. The van der Waals surface area contributed by atoms with Gasteiger partial charge in [-0.2, -0.15) is 0 Å². The Morgan fingerprint density at radius 2 is 2.24 bits per heavy atom. The lowest BCUT2D eigenvalue weighted by atomic mass is 10.1. The summed E-state index contributed by atoms with van der Waals surface area (Å²) in [5.74, 6) is 0.0698. The first-order chi connectivity index (χ1) is 8.08.